The van der Waals surface area contributed by atoms with Gasteiger partial charge in [0.1, 0.15) is 0 Å². The van der Waals surface area contributed by atoms with E-state index in [1.54, 1.807) is 24.3 Å². The molecule has 1 atom stereocenters. The topological polar surface area (TPSA) is 28.5 Å². The highest BCUT2D eigenvalue weighted by Gasteiger charge is 2.21. The van der Waals surface area contributed by atoms with Crippen molar-refractivity contribution in [3.8, 4) is 0 Å². The summed E-state index contributed by atoms with van der Waals surface area (Å²) < 4.78 is 1.88. The molecular weight excluding hydrogens is 266 g/mol. The summed E-state index contributed by atoms with van der Waals surface area (Å²) in [6, 6.07) is 11.7. The Hall–Kier alpha value is -1.52. The third-order valence-electron chi connectivity index (χ3n) is 2.59. The number of hydrogen-bond acceptors (Lipinski definition) is 4. The van der Waals surface area contributed by atoms with Gasteiger partial charge in [0.25, 0.3) is 0 Å². The Morgan fingerprint density at radius 3 is 2.72 bits per heavy atom. The molecule has 0 spiro atoms. The Morgan fingerprint density at radius 1 is 1.17 bits per heavy atom. The van der Waals surface area contributed by atoms with E-state index in [9.17, 15) is 0 Å². The Kier molecular flexibility index (Phi) is 3.21. The van der Waals surface area contributed by atoms with E-state index in [1.165, 1.54) is 5.56 Å². The van der Waals surface area contributed by atoms with Crippen molar-refractivity contribution in [2.45, 2.75) is 5.25 Å². The van der Waals surface area contributed by atoms with Crippen LogP contribution >= 0.6 is 23.5 Å². The first kappa shape index (κ1) is 11.6. The Balaban J connectivity index is 1.77. The van der Waals surface area contributed by atoms with Gasteiger partial charge in [0, 0.05) is 17.4 Å². The first-order valence-electron chi connectivity index (χ1n) is 5.49. The smallest absolute Gasteiger partial charge is 0.0906 e. The van der Waals surface area contributed by atoms with Crippen LogP contribution in [0.2, 0.25) is 5.02 Å². The standard InChI is InChI=1S/C13H10ClN3S/c14-11-5-3-10(4-6-11)13-9-16-17(18-13)12-2-1-7-15-8-12/h1-9,13H. The molecule has 2 heterocycles. The lowest BCUT2D eigenvalue weighted by Gasteiger charge is -2.14. The van der Waals surface area contributed by atoms with E-state index in [2.05, 4.69) is 10.1 Å². The van der Waals surface area contributed by atoms with Gasteiger partial charge in [-0.05, 0) is 41.8 Å². The summed E-state index contributed by atoms with van der Waals surface area (Å²) >= 11 is 7.53. The van der Waals surface area contributed by atoms with Crippen LogP contribution < -0.4 is 4.41 Å². The van der Waals surface area contributed by atoms with E-state index in [1.807, 2.05) is 47.0 Å². The lowest BCUT2D eigenvalue weighted by Crippen LogP contribution is -2.01. The second-order valence-corrected chi connectivity index (χ2v) is 5.33. The summed E-state index contributed by atoms with van der Waals surface area (Å²) in [6.07, 6.45) is 5.49. The van der Waals surface area contributed by atoms with Gasteiger partial charge in [-0.2, -0.15) is 5.10 Å². The summed E-state index contributed by atoms with van der Waals surface area (Å²) in [5, 5.41) is 5.36. The molecule has 0 radical (unpaired) electrons. The maximum Gasteiger partial charge on any atom is 0.0906 e. The van der Waals surface area contributed by atoms with Crippen LogP contribution in [-0.2, 0) is 0 Å². The molecule has 3 rings (SSSR count). The van der Waals surface area contributed by atoms with Crippen molar-refractivity contribution in [1.82, 2.24) is 4.98 Å². The van der Waals surface area contributed by atoms with Crippen LogP contribution in [0.1, 0.15) is 10.8 Å². The van der Waals surface area contributed by atoms with Gasteiger partial charge in [-0.15, -0.1) is 0 Å². The summed E-state index contributed by atoms with van der Waals surface area (Å²) in [5.74, 6) is 0. The van der Waals surface area contributed by atoms with Gasteiger partial charge in [-0.3, -0.25) is 4.98 Å². The average molecular weight is 276 g/mol. The van der Waals surface area contributed by atoms with Gasteiger partial charge < -0.3 is 0 Å². The number of hydrogen-bond donors (Lipinski definition) is 0. The molecule has 0 bridgehead atoms. The van der Waals surface area contributed by atoms with Crippen LogP contribution in [0.25, 0.3) is 0 Å². The van der Waals surface area contributed by atoms with E-state index in [0.29, 0.717) is 0 Å². The molecule has 1 aromatic carbocycles. The molecule has 18 heavy (non-hydrogen) atoms. The van der Waals surface area contributed by atoms with Gasteiger partial charge in [0.2, 0.25) is 0 Å². The van der Waals surface area contributed by atoms with Crippen molar-refractivity contribution in [3.63, 3.8) is 0 Å². The molecule has 0 saturated heterocycles. The molecule has 0 saturated carbocycles. The Labute approximate surface area is 115 Å². The molecule has 0 N–H and O–H groups in total. The second-order valence-electron chi connectivity index (χ2n) is 3.83. The van der Waals surface area contributed by atoms with Crippen molar-refractivity contribution < 1.29 is 0 Å². The monoisotopic (exact) mass is 275 g/mol. The molecular formula is C13H10ClN3S. The first-order valence-corrected chi connectivity index (χ1v) is 6.71. The van der Waals surface area contributed by atoms with Gasteiger partial charge in [-0.1, -0.05) is 23.7 Å². The van der Waals surface area contributed by atoms with Crippen molar-refractivity contribution in [3.05, 3.63) is 59.4 Å². The molecule has 1 aliphatic heterocycles. The quantitative estimate of drug-likeness (QED) is 0.778. The highest BCUT2D eigenvalue weighted by atomic mass is 35.5. The number of aromatic nitrogens is 1. The fourth-order valence-electron chi connectivity index (χ4n) is 1.68. The maximum absolute atomic E-state index is 5.88. The minimum Gasteiger partial charge on any atom is -0.262 e. The summed E-state index contributed by atoms with van der Waals surface area (Å²) in [5.41, 5.74) is 2.18. The fourth-order valence-corrected chi connectivity index (χ4v) is 2.74. The number of hydrazone groups is 1. The lowest BCUT2D eigenvalue weighted by atomic mass is 10.2. The zero-order valence-corrected chi connectivity index (χ0v) is 11.0. The zero-order chi connectivity index (χ0) is 12.4. The number of halogens is 1. The predicted molar refractivity (Wildman–Crippen MR) is 77.0 cm³/mol. The van der Waals surface area contributed by atoms with E-state index >= 15 is 0 Å². The largest absolute Gasteiger partial charge is 0.262 e. The van der Waals surface area contributed by atoms with E-state index in [0.717, 1.165) is 10.7 Å². The Bertz CT molecular complexity index is 556. The van der Waals surface area contributed by atoms with Crippen LogP contribution in [0.5, 0.6) is 0 Å². The molecule has 1 aromatic heterocycles. The molecule has 1 unspecified atom stereocenters. The number of benzene rings is 1. The molecule has 1 aliphatic rings. The molecule has 2 aromatic rings. The Morgan fingerprint density at radius 2 is 2.00 bits per heavy atom. The fraction of sp³-hybridized carbons (Fsp3) is 0.0769. The van der Waals surface area contributed by atoms with Gasteiger partial charge in [-0.25, -0.2) is 4.41 Å². The van der Waals surface area contributed by atoms with Crippen molar-refractivity contribution in [2.75, 3.05) is 4.41 Å². The number of pyridine rings is 1. The SMILES string of the molecule is Clc1ccc(C2C=NN(c3cccnc3)S2)cc1. The van der Waals surface area contributed by atoms with Crippen LogP contribution in [0.3, 0.4) is 0 Å². The van der Waals surface area contributed by atoms with E-state index in [-0.39, 0.29) is 5.25 Å². The molecule has 5 heteroatoms. The maximum atomic E-state index is 5.88. The van der Waals surface area contributed by atoms with Crippen LogP contribution in [0, 0.1) is 0 Å². The third kappa shape index (κ3) is 2.35. The van der Waals surface area contributed by atoms with Gasteiger partial charge in [0.05, 0.1) is 17.1 Å². The number of anilines is 1. The molecule has 3 nitrogen and oxygen atoms in total. The molecule has 0 amide bonds. The summed E-state index contributed by atoms with van der Waals surface area (Å²) in [7, 11) is 0. The van der Waals surface area contributed by atoms with Crippen molar-refractivity contribution in [2.24, 2.45) is 5.10 Å². The van der Waals surface area contributed by atoms with Gasteiger partial charge in [0.15, 0.2) is 0 Å². The molecule has 0 aliphatic carbocycles. The third-order valence-corrected chi connectivity index (χ3v) is 3.96. The minimum absolute atomic E-state index is 0.225. The van der Waals surface area contributed by atoms with Crippen LogP contribution in [0.15, 0.2) is 53.9 Å². The van der Waals surface area contributed by atoms with Gasteiger partial charge >= 0.3 is 0 Å². The summed E-state index contributed by atoms with van der Waals surface area (Å²) in [6.45, 7) is 0. The van der Waals surface area contributed by atoms with Crippen molar-refractivity contribution in [1.29, 1.82) is 0 Å². The predicted octanol–water partition coefficient (Wildman–Crippen LogP) is 3.93. The zero-order valence-electron chi connectivity index (χ0n) is 9.40. The highest BCUT2D eigenvalue weighted by Crippen LogP contribution is 2.38. The van der Waals surface area contributed by atoms with Crippen molar-refractivity contribution >= 4 is 35.5 Å². The number of rotatable bonds is 2. The highest BCUT2D eigenvalue weighted by molar-refractivity contribution is 8.01. The van der Waals surface area contributed by atoms with E-state index < -0.39 is 0 Å². The molecule has 0 fully saturated rings. The minimum atomic E-state index is 0.225. The number of nitrogens with zero attached hydrogens (tertiary/aromatic N) is 3. The second kappa shape index (κ2) is 5.00. The lowest BCUT2D eigenvalue weighted by molar-refractivity contribution is 1.19. The summed E-state index contributed by atoms with van der Waals surface area (Å²) in [4.78, 5) is 4.09. The van der Waals surface area contributed by atoms with Crippen LogP contribution in [-0.4, -0.2) is 11.2 Å². The van der Waals surface area contributed by atoms with Crippen LogP contribution in [0.4, 0.5) is 5.69 Å². The first-order chi connectivity index (χ1) is 8.83. The average Bonchev–Trinajstić information content (AvgIpc) is 2.90. The molecule has 90 valence electrons. The van der Waals surface area contributed by atoms with E-state index in [4.69, 9.17) is 11.6 Å². The normalized spacial score (nSPS) is 18.3.